The largest absolute Gasteiger partial charge is 0.416 e. The maximum absolute atomic E-state index is 13.2. The zero-order chi connectivity index (χ0) is 18.5. The third kappa shape index (κ3) is 2.81. The lowest BCUT2D eigenvalue weighted by molar-refractivity contribution is -0.137. The number of aryl methyl sites for hydroxylation is 2. The van der Waals surface area contributed by atoms with Crippen LogP contribution in [0.5, 0.6) is 0 Å². The summed E-state index contributed by atoms with van der Waals surface area (Å²) in [7, 11) is 0. The van der Waals surface area contributed by atoms with Gasteiger partial charge in [-0.1, -0.05) is 35.4 Å². The maximum Gasteiger partial charge on any atom is 0.416 e. The van der Waals surface area contributed by atoms with Crippen molar-refractivity contribution >= 4 is 21.5 Å². The molecule has 0 atom stereocenters. The molecule has 0 aliphatic rings. The molecule has 4 aromatic rings. The number of halogens is 3. The van der Waals surface area contributed by atoms with Crippen LogP contribution in [0.25, 0.3) is 32.8 Å². The molecule has 1 nitrogen and oxygen atoms in total. The summed E-state index contributed by atoms with van der Waals surface area (Å²) in [4.78, 5) is 4.52. The standard InChI is InChI=1S/C22H16F3N/c1-13-9-14(2)11-17(10-13)21-20-16(7-8-26-21)4-3-15-5-6-18(12-19(15)20)22(23,24)25/h3-12H,1-2H3. The molecule has 26 heavy (non-hydrogen) atoms. The van der Waals surface area contributed by atoms with E-state index < -0.39 is 11.7 Å². The van der Waals surface area contributed by atoms with Crippen LogP contribution >= 0.6 is 0 Å². The fourth-order valence-corrected chi connectivity index (χ4v) is 3.50. The highest BCUT2D eigenvalue weighted by Crippen LogP contribution is 2.37. The van der Waals surface area contributed by atoms with Crippen molar-refractivity contribution in [1.29, 1.82) is 0 Å². The van der Waals surface area contributed by atoms with E-state index in [1.165, 1.54) is 12.1 Å². The number of hydrogen-bond acceptors (Lipinski definition) is 1. The van der Waals surface area contributed by atoms with Gasteiger partial charge in [-0.05, 0) is 60.3 Å². The Bertz CT molecular complexity index is 1120. The van der Waals surface area contributed by atoms with Crippen LogP contribution in [0.2, 0.25) is 0 Å². The molecule has 1 heterocycles. The number of fused-ring (bicyclic) bond motifs is 3. The molecule has 0 spiro atoms. The molecule has 4 rings (SSSR count). The van der Waals surface area contributed by atoms with Gasteiger partial charge in [0.15, 0.2) is 0 Å². The number of rotatable bonds is 1. The summed E-state index contributed by atoms with van der Waals surface area (Å²) in [5.41, 5.74) is 3.16. The van der Waals surface area contributed by atoms with Gasteiger partial charge in [0, 0.05) is 17.1 Å². The summed E-state index contributed by atoms with van der Waals surface area (Å²) >= 11 is 0. The molecule has 0 bridgehead atoms. The van der Waals surface area contributed by atoms with E-state index in [0.717, 1.165) is 38.9 Å². The summed E-state index contributed by atoms with van der Waals surface area (Å²) in [6.07, 6.45) is -2.67. The summed E-state index contributed by atoms with van der Waals surface area (Å²) in [5, 5.41) is 2.96. The van der Waals surface area contributed by atoms with Crippen LogP contribution in [0, 0.1) is 13.8 Å². The molecule has 0 N–H and O–H groups in total. The van der Waals surface area contributed by atoms with E-state index in [-0.39, 0.29) is 0 Å². The smallest absolute Gasteiger partial charge is 0.256 e. The summed E-state index contributed by atoms with van der Waals surface area (Å²) in [6.45, 7) is 4.00. The average molecular weight is 351 g/mol. The van der Waals surface area contributed by atoms with Crippen molar-refractivity contribution in [3.63, 3.8) is 0 Å². The second-order valence-corrected chi connectivity index (χ2v) is 6.63. The summed E-state index contributed by atoms with van der Waals surface area (Å²) in [5.74, 6) is 0. The van der Waals surface area contributed by atoms with E-state index in [9.17, 15) is 13.2 Å². The predicted octanol–water partition coefficient (Wildman–Crippen LogP) is 6.69. The Labute approximate surface area is 149 Å². The molecule has 4 heteroatoms. The summed E-state index contributed by atoms with van der Waals surface area (Å²) < 4.78 is 39.7. The fourth-order valence-electron chi connectivity index (χ4n) is 3.50. The van der Waals surface area contributed by atoms with Crippen LogP contribution in [-0.4, -0.2) is 4.98 Å². The second kappa shape index (κ2) is 5.84. The van der Waals surface area contributed by atoms with Crippen LogP contribution < -0.4 is 0 Å². The van der Waals surface area contributed by atoms with Crippen molar-refractivity contribution in [3.8, 4) is 11.3 Å². The average Bonchev–Trinajstić information content (AvgIpc) is 2.59. The molecule has 0 fully saturated rings. The minimum absolute atomic E-state index is 0.569. The van der Waals surface area contributed by atoms with Crippen LogP contribution in [-0.2, 0) is 6.18 Å². The number of benzene rings is 3. The van der Waals surface area contributed by atoms with Crippen LogP contribution in [0.4, 0.5) is 13.2 Å². The highest BCUT2D eigenvalue weighted by molar-refractivity contribution is 6.13. The number of hydrogen-bond donors (Lipinski definition) is 0. The Morgan fingerprint density at radius 1 is 0.769 bits per heavy atom. The lowest BCUT2D eigenvalue weighted by Crippen LogP contribution is -2.04. The molecule has 0 aliphatic carbocycles. The first kappa shape index (κ1) is 16.6. The molecule has 0 saturated heterocycles. The lowest BCUT2D eigenvalue weighted by atomic mass is 9.95. The van der Waals surface area contributed by atoms with Crippen molar-refractivity contribution in [1.82, 2.24) is 4.98 Å². The fraction of sp³-hybridized carbons (Fsp3) is 0.136. The van der Waals surface area contributed by atoms with Gasteiger partial charge >= 0.3 is 6.18 Å². The van der Waals surface area contributed by atoms with E-state index in [1.807, 2.05) is 44.2 Å². The van der Waals surface area contributed by atoms with E-state index in [0.29, 0.717) is 11.1 Å². The molecule has 0 unspecified atom stereocenters. The van der Waals surface area contributed by atoms with Crippen LogP contribution in [0.15, 0.2) is 60.8 Å². The lowest BCUT2D eigenvalue weighted by Gasteiger charge is -2.13. The van der Waals surface area contributed by atoms with Gasteiger partial charge in [-0.15, -0.1) is 0 Å². The molecule has 0 aliphatic heterocycles. The van der Waals surface area contributed by atoms with Gasteiger partial charge in [-0.25, -0.2) is 0 Å². The van der Waals surface area contributed by atoms with Gasteiger partial charge < -0.3 is 0 Å². The Kier molecular flexibility index (Phi) is 3.72. The third-order valence-corrected chi connectivity index (χ3v) is 4.57. The normalized spacial score (nSPS) is 12.0. The van der Waals surface area contributed by atoms with E-state index in [2.05, 4.69) is 11.1 Å². The zero-order valence-electron chi connectivity index (χ0n) is 14.4. The molecular formula is C22H16F3N. The second-order valence-electron chi connectivity index (χ2n) is 6.63. The van der Waals surface area contributed by atoms with E-state index in [4.69, 9.17) is 0 Å². The van der Waals surface area contributed by atoms with Crippen molar-refractivity contribution < 1.29 is 13.2 Å². The first-order valence-electron chi connectivity index (χ1n) is 8.30. The number of alkyl halides is 3. The number of aromatic nitrogens is 1. The topological polar surface area (TPSA) is 12.9 Å². The van der Waals surface area contributed by atoms with Gasteiger partial charge in [0.1, 0.15) is 0 Å². The van der Waals surface area contributed by atoms with Gasteiger partial charge in [-0.3, -0.25) is 4.98 Å². The van der Waals surface area contributed by atoms with Gasteiger partial charge in [0.05, 0.1) is 11.3 Å². The maximum atomic E-state index is 13.2. The minimum atomic E-state index is -4.38. The van der Waals surface area contributed by atoms with Crippen LogP contribution in [0.3, 0.4) is 0 Å². The third-order valence-electron chi connectivity index (χ3n) is 4.57. The monoisotopic (exact) mass is 351 g/mol. The Morgan fingerprint density at radius 2 is 1.42 bits per heavy atom. The Morgan fingerprint density at radius 3 is 2.12 bits per heavy atom. The Hall–Kier alpha value is -2.88. The highest BCUT2D eigenvalue weighted by atomic mass is 19.4. The van der Waals surface area contributed by atoms with E-state index in [1.54, 1.807) is 6.20 Å². The van der Waals surface area contributed by atoms with Crippen molar-refractivity contribution in [3.05, 3.63) is 77.5 Å². The molecular weight excluding hydrogens is 335 g/mol. The van der Waals surface area contributed by atoms with Gasteiger partial charge in [0.25, 0.3) is 0 Å². The van der Waals surface area contributed by atoms with Gasteiger partial charge in [-0.2, -0.15) is 13.2 Å². The molecule has 130 valence electrons. The molecule has 0 amide bonds. The molecule has 1 aromatic heterocycles. The van der Waals surface area contributed by atoms with Crippen molar-refractivity contribution in [2.45, 2.75) is 20.0 Å². The number of pyridine rings is 1. The van der Waals surface area contributed by atoms with Crippen molar-refractivity contribution in [2.75, 3.05) is 0 Å². The quantitative estimate of drug-likeness (QED) is 0.348. The highest BCUT2D eigenvalue weighted by Gasteiger charge is 2.30. The van der Waals surface area contributed by atoms with Crippen molar-refractivity contribution in [2.24, 2.45) is 0 Å². The first-order chi connectivity index (χ1) is 12.3. The Balaban J connectivity index is 2.12. The first-order valence-corrected chi connectivity index (χ1v) is 8.30. The van der Waals surface area contributed by atoms with Gasteiger partial charge in [0.2, 0.25) is 0 Å². The van der Waals surface area contributed by atoms with E-state index >= 15 is 0 Å². The molecule has 0 radical (unpaired) electrons. The predicted molar refractivity (Wildman–Crippen MR) is 99.2 cm³/mol. The zero-order valence-corrected chi connectivity index (χ0v) is 14.4. The minimum Gasteiger partial charge on any atom is -0.256 e. The molecule has 0 saturated carbocycles. The summed E-state index contributed by atoms with van der Waals surface area (Å²) in [6, 6.07) is 15.6. The SMILES string of the molecule is Cc1cc(C)cc(-c2nccc3ccc4ccc(C(F)(F)F)cc4c23)c1. The number of nitrogens with zero attached hydrogens (tertiary/aromatic N) is 1. The van der Waals surface area contributed by atoms with Crippen LogP contribution in [0.1, 0.15) is 16.7 Å². The molecule has 3 aromatic carbocycles.